The maximum absolute atomic E-state index is 14.3. The number of amides is 1. The molecule has 3 rings (SSSR count). The highest BCUT2D eigenvalue weighted by molar-refractivity contribution is 7.81. The van der Waals surface area contributed by atoms with Crippen LogP contribution in [0.2, 0.25) is 0 Å². The number of benzene rings is 2. The van der Waals surface area contributed by atoms with E-state index in [0.717, 1.165) is 24.3 Å². The minimum atomic E-state index is -5.16. The van der Waals surface area contributed by atoms with Gasteiger partial charge in [-0.05, 0) is 36.4 Å². The first-order chi connectivity index (χ1) is 13.6. The van der Waals surface area contributed by atoms with E-state index < -0.39 is 34.7 Å². The highest BCUT2D eigenvalue weighted by Gasteiger charge is 2.15. The number of rotatable bonds is 7. The van der Waals surface area contributed by atoms with Crippen LogP contribution in [0, 0.1) is 11.6 Å². The van der Waals surface area contributed by atoms with Gasteiger partial charge in [0, 0.05) is 6.20 Å². The number of nitrogens with zero attached hydrogens (tertiary/aromatic N) is 2. The summed E-state index contributed by atoms with van der Waals surface area (Å²) < 4.78 is 72.4. The highest BCUT2D eigenvalue weighted by atomic mass is 32.3. The lowest BCUT2D eigenvalue weighted by molar-refractivity contribution is 0.0996. The van der Waals surface area contributed by atoms with Gasteiger partial charge in [0.05, 0.1) is 11.3 Å². The Morgan fingerprint density at radius 1 is 1.10 bits per heavy atom. The zero-order valence-electron chi connectivity index (χ0n) is 14.4. The lowest BCUT2D eigenvalue weighted by Crippen LogP contribution is -2.11. The van der Waals surface area contributed by atoms with Crippen LogP contribution in [0.1, 0.15) is 16.1 Å². The lowest BCUT2D eigenvalue weighted by Gasteiger charge is -2.11. The minimum Gasteiger partial charge on any atom is -0.489 e. The lowest BCUT2D eigenvalue weighted by atomic mass is 10.2. The van der Waals surface area contributed by atoms with Crippen molar-refractivity contribution >= 4 is 16.4 Å². The van der Waals surface area contributed by atoms with E-state index in [2.05, 4.69) is 9.17 Å². The Morgan fingerprint density at radius 2 is 1.69 bits per heavy atom. The summed E-state index contributed by atoms with van der Waals surface area (Å²) in [5.41, 5.74) is 4.74. The number of imidazole rings is 1. The Morgan fingerprint density at radius 3 is 2.21 bits per heavy atom. The minimum absolute atomic E-state index is 0.0637. The summed E-state index contributed by atoms with van der Waals surface area (Å²) in [6, 6.07) is 6.74. The predicted octanol–water partition coefficient (Wildman–Crippen LogP) is 2.42. The monoisotopic (exact) mass is 427 g/mol. The van der Waals surface area contributed by atoms with Crippen molar-refractivity contribution in [3.05, 3.63) is 71.8 Å². The molecule has 1 heterocycles. The second-order valence-electron chi connectivity index (χ2n) is 5.65. The number of hydrogen-bond donors (Lipinski definition) is 1. The van der Waals surface area contributed by atoms with Crippen LogP contribution in [0.5, 0.6) is 11.5 Å². The van der Waals surface area contributed by atoms with Gasteiger partial charge in [0.2, 0.25) is 0 Å². The molecule has 0 saturated heterocycles. The molecule has 1 amide bonds. The highest BCUT2D eigenvalue weighted by Crippen LogP contribution is 2.23. The number of halogens is 3. The molecular weight excluding hydrogens is 415 g/mol. The van der Waals surface area contributed by atoms with E-state index in [4.69, 9.17) is 10.5 Å². The van der Waals surface area contributed by atoms with E-state index in [-0.39, 0.29) is 28.4 Å². The summed E-state index contributed by atoms with van der Waals surface area (Å²) in [5.74, 6) is -2.75. The normalized spacial score (nSPS) is 11.3. The fourth-order valence-electron chi connectivity index (χ4n) is 2.33. The van der Waals surface area contributed by atoms with Crippen molar-refractivity contribution in [2.24, 2.45) is 5.73 Å². The summed E-state index contributed by atoms with van der Waals surface area (Å²) in [6.45, 7) is -0.476. The molecule has 0 atom stereocenters. The first kappa shape index (κ1) is 20.2. The van der Waals surface area contributed by atoms with Gasteiger partial charge in [-0.15, -0.1) is 0 Å². The Bertz CT molecular complexity index is 1140. The number of ether oxygens (including phenoxy) is 1. The summed E-state index contributed by atoms with van der Waals surface area (Å²) in [4.78, 5) is 14.8. The summed E-state index contributed by atoms with van der Waals surface area (Å²) in [7, 11) is -5.16. The number of carbonyl (C=O) groups is 1. The van der Waals surface area contributed by atoms with Crippen LogP contribution in [0.25, 0.3) is 5.69 Å². The quantitative estimate of drug-likeness (QED) is 0.580. The van der Waals surface area contributed by atoms with Gasteiger partial charge in [0.15, 0.2) is 0 Å². The molecule has 0 unspecified atom stereocenters. The fourth-order valence-corrected chi connectivity index (χ4v) is 2.67. The molecule has 0 fully saturated rings. The second kappa shape index (κ2) is 7.83. The topological polar surface area (TPSA) is 114 Å². The van der Waals surface area contributed by atoms with Crippen LogP contribution in [0.3, 0.4) is 0 Å². The molecular formula is C17H12F3N3O5S. The average Bonchev–Trinajstić information content (AvgIpc) is 3.11. The van der Waals surface area contributed by atoms with Crippen molar-refractivity contribution in [3.8, 4) is 17.2 Å². The molecule has 0 aliphatic carbocycles. The van der Waals surface area contributed by atoms with Crippen LogP contribution in [0.15, 0.2) is 48.9 Å². The van der Waals surface area contributed by atoms with E-state index in [1.54, 1.807) is 0 Å². The zero-order chi connectivity index (χ0) is 21.2. The molecule has 0 aliphatic rings. The largest absolute Gasteiger partial charge is 0.489 e. The SMILES string of the molecule is NC(=O)c1cn(-c2cc(F)c(COc3ccc(OS(=O)(=O)F)cc3)c(F)c2)cn1. The molecule has 29 heavy (non-hydrogen) atoms. The van der Waals surface area contributed by atoms with Gasteiger partial charge >= 0.3 is 10.5 Å². The van der Waals surface area contributed by atoms with E-state index in [1.807, 2.05) is 0 Å². The van der Waals surface area contributed by atoms with Gasteiger partial charge in [0.1, 0.15) is 41.8 Å². The fraction of sp³-hybridized carbons (Fsp3) is 0.0588. The van der Waals surface area contributed by atoms with Crippen LogP contribution in [-0.4, -0.2) is 23.9 Å². The second-order valence-corrected chi connectivity index (χ2v) is 6.61. The third-order valence-corrected chi connectivity index (χ3v) is 4.05. The van der Waals surface area contributed by atoms with Crippen molar-refractivity contribution in [2.45, 2.75) is 6.61 Å². The molecule has 152 valence electrons. The summed E-state index contributed by atoms with van der Waals surface area (Å²) in [5, 5.41) is 0. The molecule has 0 spiro atoms. The Labute approximate surface area is 162 Å². The molecule has 1 aromatic heterocycles. The van der Waals surface area contributed by atoms with Crippen LogP contribution in [0.4, 0.5) is 12.7 Å². The van der Waals surface area contributed by atoms with Gasteiger partial charge in [-0.2, -0.15) is 8.42 Å². The number of hydrogen-bond acceptors (Lipinski definition) is 6. The number of primary amides is 1. The van der Waals surface area contributed by atoms with Crippen LogP contribution < -0.4 is 14.7 Å². The first-order valence-corrected chi connectivity index (χ1v) is 9.12. The number of aromatic nitrogens is 2. The molecule has 0 saturated carbocycles. The standard InChI is InChI=1S/C17H12F3N3O5S/c18-14-5-10(23-7-16(17(21)24)22-9-23)6-15(19)13(14)8-27-11-1-3-12(4-2-11)28-29(20,25)26/h1-7,9H,8H2,(H2,21,24). The molecule has 3 aromatic rings. The smallest absolute Gasteiger partial charge is 0.488 e. The van der Waals surface area contributed by atoms with E-state index >= 15 is 0 Å². The van der Waals surface area contributed by atoms with Crippen molar-refractivity contribution in [2.75, 3.05) is 0 Å². The van der Waals surface area contributed by atoms with Crippen molar-refractivity contribution in [3.63, 3.8) is 0 Å². The Balaban J connectivity index is 1.73. The first-order valence-electron chi connectivity index (χ1n) is 7.81. The van der Waals surface area contributed by atoms with E-state index in [1.165, 1.54) is 29.2 Å². The molecule has 0 radical (unpaired) electrons. The van der Waals surface area contributed by atoms with Crippen molar-refractivity contribution in [1.82, 2.24) is 9.55 Å². The third-order valence-electron chi connectivity index (χ3n) is 3.66. The third kappa shape index (κ3) is 5.04. The van der Waals surface area contributed by atoms with Crippen molar-refractivity contribution < 1.29 is 34.8 Å². The molecule has 8 nitrogen and oxygen atoms in total. The average molecular weight is 427 g/mol. The zero-order valence-corrected chi connectivity index (χ0v) is 15.2. The molecule has 0 bridgehead atoms. The summed E-state index contributed by atoms with van der Waals surface area (Å²) in [6.07, 6.45) is 2.42. The Kier molecular flexibility index (Phi) is 5.46. The Hall–Kier alpha value is -3.54. The van der Waals surface area contributed by atoms with Crippen molar-refractivity contribution in [1.29, 1.82) is 0 Å². The molecule has 12 heteroatoms. The van der Waals surface area contributed by atoms with Gasteiger partial charge in [0.25, 0.3) is 5.91 Å². The maximum Gasteiger partial charge on any atom is 0.488 e. The molecule has 2 aromatic carbocycles. The van der Waals surface area contributed by atoms with E-state index in [0.29, 0.717) is 0 Å². The van der Waals surface area contributed by atoms with Gasteiger partial charge in [-0.1, -0.05) is 3.89 Å². The van der Waals surface area contributed by atoms with Gasteiger partial charge in [-0.3, -0.25) is 4.79 Å². The van der Waals surface area contributed by atoms with Crippen LogP contribution in [-0.2, 0) is 17.1 Å². The van der Waals surface area contributed by atoms with E-state index in [9.17, 15) is 25.9 Å². The number of carbonyl (C=O) groups excluding carboxylic acids is 1. The predicted molar refractivity (Wildman–Crippen MR) is 93.4 cm³/mol. The summed E-state index contributed by atoms with van der Waals surface area (Å²) >= 11 is 0. The van der Waals surface area contributed by atoms with Gasteiger partial charge < -0.3 is 19.2 Å². The van der Waals surface area contributed by atoms with Crippen LogP contribution >= 0.6 is 0 Å². The molecule has 0 aliphatic heterocycles. The maximum atomic E-state index is 14.3. The molecule has 2 N–H and O–H groups in total. The number of nitrogens with two attached hydrogens (primary N) is 1. The van der Waals surface area contributed by atoms with Gasteiger partial charge in [-0.25, -0.2) is 13.8 Å².